The Bertz CT molecular complexity index is 538. The average molecular weight is 459 g/mol. The van der Waals surface area contributed by atoms with Gasteiger partial charge in [-0.2, -0.15) is 0 Å². The molecule has 0 aliphatic heterocycles. The van der Waals surface area contributed by atoms with Crippen molar-refractivity contribution in [3.63, 3.8) is 0 Å². The van der Waals surface area contributed by atoms with E-state index in [1.807, 2.05) is 0 Å². The van der Waals surface area contributed by atoms with E-state index in [0.717, 1.165) is 25.7 Å². The molecule has 0 aromatic rings. The first-order valence-corrected chi connectivity index (χ1v) is 13.1. The minimum Gasteiger partial charge on any atom is -0.748 e. The van der Waals surface area contributed by atoms with Gasteiger partial charge in [-0.25, -0.2) is 16.8 Å². The number of rotatable bonds is 18. The zero-order valence-corrected chi connectivity index (χ0v) is 23.8. The SMILES string of the molecule is CCCCCCCCCCCCCCCCC(CS(=O)(=O)[O-])S(=O)(=O)[O-].[Na+].[Na+]. The fraction of sp³-hybridized carbons (Fsp3) is 1.00. The molecule has 0 aromatic heterocycles. The van der Waals surface area contributed by atoms with Crippen molar-refractivity contribution >= 4 is 20.2 Å². The van der Waals surface area contributed by atoms with E-state index in [0.29, 0.717) is 6.42 Å². The van der Waals surface area contributed by atoms with Crippen molar-refractivity contribution in [1.29, 1.82) is 0 Å². The average Bonchev–Trinajstić information content (AvgIpc) is 2.52. The summed E-state index contributed by atoms with van der Waals surface area (Å²) in [5.41, 5.74) is 0. The Morgan fingerprint density at radius 2 is 0.929 bits per heavy atom. The van der Waals surface area contributed by atoms with E-state index in [1.165, 1.54) is 57.8 Å². The topological polar surface area (TPSA) is 114 Å². The zero-order chi connectivity index (χ0) is 19.9. The first-order valence-electron chi connectivity index (χ1n) is 10.0. The smallest absolute Gasteiger partial charge is 0.748 e. The van der Waals surface area contributed by atoms with Crippen LogP contribution < -0.4 is 59.1 Å². The van der Waals surface area contributed by atoms with E-state index in [9.17, 15) is 25.9 Å². The standard InChI is InChI=1S/C18H38O6S2.2Na/c1-2-3-4-5-6-7-8-9-10-11-12-13-14-15-16-18(26(22,23)24)17-25(19,20)21;;/h18H,2-17H2,1H3,(H,19,20,21)(H,22,23,24);;/q;2*+1/p-2. The van der Waals surface area contributed by atoms with Crippen LogP contribution in [0.3, 0.4) is 0 Å². The summed E-state index contributed by atoms with van der Waals surface area (Å²) in [7, 11) is -9.45. The summed E-state index contributed by atoms with van der Waals surface area (Å²) in [5, 5.41) is -1.61. The van der Waals surface area contributed by atoms with E-state index < -0.39 is 31.2 Å². The largest absolute Gasteiger partial charge is 1.00 e. The molecule has 0 bridgehead atoms. The third-order valence-corrected chi connectivity index (χ3v) is 6.92. The van der Waals surface area contributed by atoms with Gasteiger partial charge in [-0.3, -0.25) is 0 Å². The van der Waals surface area contributed by atoms with Gasteiger partial charge < -0.3 is 9.11 Å². The van der Waals surface area contributed by atoms with Gasteiger partial charge in [-0.15, -0.1) is 0 Å². The van der Waals surface area contributed by atoms with Crippen molar-refractivity contribution < 1.29 is 85.1 Å². The molecule has 10 heteroatoms. The fourth-order valence-corrected chi connectivity index (χ4v) is 5.35. The molecule has 0 heterocycles. The van der Waals surface area contributed by atoms with Crippen molar-refractivity contribution in [3.8, 4) is 0 Å². The van der Waals surface area contributed by atoms with Gasteiger partial charge in [-0.1, -0.05) is 96.8 Å². The number of unbranched alkanes of at least 4 members (excludes halogenated alkanes) is 13. The number of hydrogen-bond donors (Lipinski definition) is 0. The van der Waals surface area contributed by atoms with E-state index in [-0.39, 0.29) is 65.5 Å². The summed E-state index contributed by atoms with van der Waals surface area (Å²) in [6.07, 6.45) is 16.0. The van der Waals surface area contributed by atoms with Gasteiger partial charge in [0.05, 0.1) is 31.2 Å². The second-order valence-corrected chi connectivity index (χ2v) is 10.3. The maximum atomic E-state index is 11.0. The van der Waals surface area contributed by atoms with Crippen LogP contribution in [0.4, 0.5) is 0 Å². The molecule has 1 unspecified atom stereocenters. The summed E-state index contributed by atoms with van der Waals surface area (Å²) >= 11 is 0. The third-order valence-electron chi connectivity index (χ3n) is 4.68. The van der Waals surface area contributed by atoms with Crippen molar-refractivity contribution in [2.24, 2.45) is 0 Å². The molecule has 158 valence electrons. The van der Waals surface area contributed by atoms with Crippen LogP contribution in [0.25, 0.3) is 0 Å². The predicted octanol–water partition coefficient (Wildman–Crippen LogP) is -1.68. The van der Waals surface area contributed by atoms with Crippen LogP contribution >= 0.6 is 0 Å². The van der Waals surface area contributed by atoms with Gasteiger partial charge in [-0.05, 0) is 6.42 Å². The molecular formula is C18H36Na2O6S2. The van der Waals surface area contributed by atoms with Crippen molar-refractivity contribution in [3.05, 3.63) is 0 Å². The van der Waals surface area contributed by atoms with Crippen molar-refractivity contribution in [2.45, 2.75) is 108 Å². The zero-order valence-electron chi connectivity index (χ0n) is 18.2. The third kappa shape index (κ3) is 24.1. The van der Waals surface area contributed by atoms with Gasteiger partial charge in [0, 0.05) is 0 Å². The van der Waals surface area contributed by atoms with E-state index in [2.05, 4.69) is 6.92 Å². The molecular weight excluding hydrogens is 422 g/mol. The second kappa shape index (κ2) is 20.7. The Morgan fingerprint density at radius 3 is 1.21 bits per heavy atom. The summed E-state index contributed by atoms with van der Waals surface area (Å²) in [5.74, 6) is -1.11. The van der Waals surface area contributed by atoms with Crippen LogP contribution in [-0.4, -0.2) is 36.9 Å². The summed E-state index contributed by atoms with van der Waals surface area (Å²) < 4.78 is 65.1. The summed E-state index contributed by atoms with van der Waals surface area (Å²) in [4.78, 5) is 0. The van der Waals surface area contributed by atoms with Crippen LogP contribution in [-0.2, 0) is 20.2 Å². The van der Waals surface area contributed by atoms with Crippen LogP contribution in [0.2, 0.25) is 0 Å². The second-order valence-electron chi connectivity index (χ2n) is 7.22. The normalized spacial score (nSPS) is 12.8. The molecule has 28 heavy (non-hydrogen) atoms. The maximum absolute atomic E-state index is 11.0. The fourth-order valence-electron chi connectivity index (χ4n) is 3.11. The maximum Gasteiger partial charge on any atom is 1.00 e. The molecule has 0 radical (unpaired) electrons. The van der Waals surface area contributed by atoms with Crippen LogP contribution in [0, 0.1) is 0 Å². The monoisotopic (exact) mass is 458 g/mol. The van der Waals surface area contributed by atoms with Crippen molar-refractivity contribution in [2.75, 3.05) is 5.75 Å². The molecule has 0 spiro atoms. The minimum atomic E-state index is -4.75. The van der Waals surface area contributed by atoms with E-state index in [4.69, 9.17) is 0 Å². The molecule has 1 atom stereocenters. The summed E-state index contributed by atoms with van der Waals surface area (Å²) in [6.45, 7) is 2.22. The first kappa shape index (κ1) is 34.4. The van der Waals surface area contributed by atoms with Crippen LogP contribution in [0.5, 0.6) is 0 Å². The molecule has 6 nitrogen and oxygen atoms in total. The Hall–Kier alpha value is 1.82. The molecule has 0 aliphatic rings. The Morgan fingerprint density at radius 1 is 0.607 bits per heavy atom. The molecule has 0 saturated carbocycles. The summed E-state index contributed by atoms with van der Waals surface area (Å²) in [6, 6.07) is 0. The Labute approximate surface area is 217 Å². The number of hydrogen-bond acceptors (Lipinski definition) is 6. The first-order chi connectivity index (χ1) is 12.2. The van der Waals surface area contributed by atoms with E-state index in [1.54, 1.807) is 0 Å². The predicted molar refractivity (Wildman–Crippen MR) is 103 cm³/mol. The molecule has 0 rings (SSSR count). The molecule has 0 amide bonds. The minimum absolute atomic E-state index is 0. The Balaban J connectivity index is -0.00000312. The molecule has 0 N–H and O–H groups in total. The van der Waals surface area contributed by atoms with Crippen molar-refractivity contribution in [1.82, 2.24) is 0 Å². The van der Waals surface area contributed by atoms with Gasteiger partial charge in [0.15, 0.2) is 0 Å². The Kier molecular flexibility index (Phi) is 25.5. The van der Waals surface area contributed by atoms with E-state index >= 15 is 0 Å². The molecule has 0 saturated heterocycles. The molecule has 0 fully saturated rings. The quantitative estimate of drug-likeness (QED) is 0.138. The van der Waals surface area contributed by atoms with Gasteiger partial charge in [0.25, 0.3) is 0 Å². The van der Waals surface area contributed by atoms with Gasteiger partial charge >= 0.3 is 59.1 Å². The molecule has 0 aliphatic carbocycles. The van der Waals surface area contributed by atoms with Gasteiger partial charge in [0.1, 0.15) is 0 Å². The molecule has 0 aromatic carbocycles. The van der Waals surface area contributed by atoms with Gasteiger partial charge in [0.2, 0.25) is 0 Å². The van der Waals surface area contributed by atoms with Crippen LogP contribution in [0.15, 0.2) is 0 Å². The van der Waals surface area contributed by atoms with Crippen LogP contribution in [0.1, 0.15) is 103 Å².